The molecule has 4 rings (SSSR count). The Kier molecular flexibility index (Phi) is 5.18. The fourth-order valence-corrected chi connectivity index (χ4v) is 3.44. The van der Waals surface area contributed by atoms with E-state index in [-0.39, 0.29) is 17.7 Å². The molecule has 0 bridgehead atoms. The molecule has 0 aliphatic carbocycles. The molecule has 2 N–H and O–H groups in total. The van der Waals surface area contributed by atoms with Crippen molar-refractivity contribution in [3.8, 4) is 5.82 Å². The number of nitrogens with one attached hydrogen (secondary N) is 2. The minimum absolute atomic E-state index is 0.0564. The van der Waals surface area contributed by atoms with Crippen LogP contribution in [0.4, 0.5) is 17.2 Å². The molecule has 3 heterocycles. The maximum atomic E-state index is 12.6. The molecule has 1 aliphatic rings. The largest absolute Gasteiger partial charge is 0.355 e. The van der Waals surface area contributed by atoms with Gasteiger partial charge in [0.05, 0.1) is 11.6 Å². The maximum Gasteiger partial charge on any atom is 0.231 e. The Morgan fingerprint density at radius 1 is 1.00 bits per heavy atom. The smallest absolute Gasteiger partial charge is 0.231 e. The van der Waals surface area contributed by atoms with Crippen LogP contribution in [0.5, 0.6) is 0 Å². The summed E-state index contributed by atoms with van der Waals surface area (Å²) in [5, 5.41) is 10.1. The van der Waals surface area contributed by atoms with E-state index in [0.717, 1.165) is 17.2 Å². The van der Waals surface area contributed by atoms with Gasteiger partial charge in [-0.1, -0.05) is 6.07 Å². The van der Waals surface area contributed by atoms with Crippen molar-refractivity contribution in [2.75, 3.05) is 28.6 Å². The number of aromatic nitrogens is 4. The minimum atomic E-state index is -0.155. The Morgan fingerprint density at radius 3 is 2.37 bits per heavy atom. The SMILES string of the molecule is CC(=O)Nc1cccc(NC(=O)C2CN(c3cc(-n4nc(C)cc4C)ncn3)C2)c1. The van der Waals surface area contributed by atoms with Gasteiger partial charge in [0.2, 0.25) is 11.8 Å². The quantitative estimate of drug-likeness (QED) is 0.675. The van der Waals surface area contributed by atoms with Crippen molar-refractivity contribution in [1.29, 1.82) is 0 Å². The molecule has 0 saturated carbocycles. The third-order valence-corrected chi connectivity index (χ3v) is 4.89. The highest BCUT2D eigenvalue weighted by Gasteiger charge is 2.33. The predicted molar refractivity (Wildman–Crippen MR) is 114 cm³/mol. The van der Waals surface area contributed by atoms with Crippen LogP contribution in [0.25, 0.3) is 5.82 Å². The molecule has 3 aromatic rings. The Bertz CT molecular complexity index is 1100. The summed E-state index contributed by atoms with van der Waals surface area (Å²) < 4.78 is 1.78. The van der Waals surface area contributed by atoms with Gasteiger partial charge in [0.1, 0.15) is 12.1 Å². The minimum Gasteiger partial charge on any atom is -0.355 e. The summed E-state index contributed by atoms with van der Waals surface area (Å²) in [5.74, 6) is 1.12. The summed E-state index contributed by atoms with van der Waals surface area (Å²) in [6, 6.07) is 11.0. The molecule has 2 amide bonds. The zero-order chi connectivity index (χ0) is 21.3. The zero-order valence-electron chi connectivity index (χ0n) is 17.1. The van der Waals surface area contributed by atoms with Gasteiger partial charge in [-0.25, -0.2) is 14.6 Å². The van der Waals surface area contributed by atoms with Gasteiger partial charge >= 0.3 is 0 Å². The number of carbonyl (C=O) groups excluding carboxylic acids is 2. The third-order valence-electron chi connectivity index (χ3n) is 4.89. The van der Waals surface area contributed by atoms with Crippen LogP contribution in [0, 0.1) is 19.8 Å². The van der Waals surface area contributed by atoms with Gasteiger partial charge in [0, 0.05) is 43.1 Å². The van der Waals surface area contributed by atoms with Gasteiger partial charge in [-0.3, -0.25) is 9.59 Å². The van der Waals surface area contributed by atoms with E-state index in [1.807, 2.05) is 30.9 Å². The first kappa shape index (κ1) is 19.6. The number of carbonyl (C=O) groups is 2. The fraction of sp³-hybridized carbons (Fsp3) is 0.286. The van der Waals surface area contributed by atoms with Crippen molar-refractivity contribution in [2.24, 2.45) is 5.92 Å². The Labute approximate surface area is 174 Å². The molecule has 1 aromatic carbocycles. The van der Waals surface area contributed by atoms with Crippen LogP contribution in [0.15, 0.2) is 42.7 Å². The molecule has 30 heavy (non-hydrogen) atoms. The molecule has 0 spiro atoms. The van der Waals surface area contributed by atoms with E-state index >= 15 is 0 Å². The zero-order valence-corrected chi connectivity index (χ0v) is 17.1. The number of hydrogen-bond donors (Lipinski definition) is 2. The van der Waals surface area contributed by atoms with Crippen LogP contribution in [-0.2, 0) is 9.59 Å². The molecule has 0 atom stereocenters. The highest BCUT2D eigenvalue weighted by molar-refractivity contribution is 5.95. The number of benzene rings is 1. The van der Waals surface area contributed by atoms with Crippen molar-refractivity contribution in [2.45, 2.75) is 20.8 Å². The molecule has 1 aliphatic heterocycles. The topological polar surface area (TPSA) is 105 Å². The lowest BCUT2D eigenvalue weighted by molar-refractivity contribution is -0.120. The average molecular weight is 405 g/mol. The average Bonchev–Trinajstić information content (AvgIpc) is 2.99. The standard InChI is InChI=1S/C21H23N7O2/c1-13-7-14(2)28(26-13)20-9-19(22-12-23-20)27-10-16(11-27)21(30)25-18-6-4-5-17(8-18)24-15(3)29/h4-9,12,16H,10-11H2,1-3H3,(H,24,29)(H,25,30). The van der Waals surface area contributed by atoms with E-state index in [0.29, 0.717) is 30.3 Å². The van der Waals surface area contributed by atoms with E-state index in [1.54, 1.807) is 28.9 Å². The summed E-state index contributed by atoms with van der Waals surface area (Å²) in [6.45, 7) is 6.51. The van der Waals surface area contributed by atoms with E-state index < -0.39 is 0 Å². The van der Waals surface area contributed by atoms with Crippen LogP contribution in [0.1, 0.15) is 18.3 Å². The third kappa shape index (κ3) is 4.14. The van der Waals surface area contributed by atoms with E-state index in [4.69, 9.17) is 0 Å². The number of rotatable bonds is 5. The Balaban J connectivity index is 1.38. The lowest BCUT2D eigenvalue weighted by Gasteiger charge is -2.39. The summed E-state index contributed by atoms with van der Waals surface area (Å²) in [6.07, 6.45) is 1.52. The van der Waals surface area contributed by atoms with Crippen LogP contribution in [0.2, 0.25) is 0 Å². The fourth-order valence-electron chi connectivity index (χ4n) is 3.44. The molecule has 154 valence electrons. The number of amides is 2. The molecular formula is C21H23N7O2. The molecule has 2 aromatic heterocycles. The molecule has 0 radical (unpaired) electrons. The first-order valence-electron chi connectivity index (χ1n) is 9.68. The number of aryl methyl sites for hydroxylation is 2. The predicted octanol–water partition coefficient (Wildman–Crippen LogP) is 2.31. The Hall–Kier alpha value is -3.75. The molecular weight excluding hydrogens is 382 g/mol. The summed E-state index contributed by atoms with van der Waals surface area (Å²) in [7, 11) is 0. The van der Waals surface area contributed by atoms with Crippen molar-refractivity contribution < 1.29 is 9.59 Å². The van der Waals surface area contributed by atoms with Crippen molar-refractivity contribution in [3.05, 3.63) is 54.1 Å². The number of anilines is 3. The Morgan fingerprint density at radius 2 is 1.70 bits per heavy atom. The number of hydrogen-bond acceptors (Lipinski definition) is 6. The highest BCUT2D eigenvalue weighted by atomic mass is 16.2. The summed E-state index contributed by atoms with van der Waals surface area (Å²) in [4.78, 5) is 34.5. The molecule has 1 fully saturated rings. The maximum absolute atomic E-state index is 12.6. The van der Waals surface area contributed by atoms with Crippen molar-refractivity contribution in [3.63, 3.8) is 0 Å². The van der Waals surface area contributed by atoms with Crippen LogP contribution < -0.4 is 15.5 Å². The van der Waals surface area contributed by atoms with Crippen molar-refractivity contribution in [1.82, 2.24) is 19.7 Å². The second kappa shape index (κ2) is 7.94. The lowest BCUT2D eigenvalue weighted by atomic mass is 9.99. The molecule has 9 nitrogen and oxygen atoms in total. The van der Waals surface area contributed by atoms with Crippen LogP contribution in [0.3, 0.4) is 0 Å². The van der Waals surface area contributed by atoms with Crippen molar-refractivity contribution >= 4 is 29.0 Å². The summed E-state index contributed by atoms with van der Waals surface area (Å²) >= 11 is 0. The summed E-state index contributed by atoms with van der Waals surface area (Å²) in [5.41, 5.74) is 3.22. The van der Waals surface area contributed by atoms with E-state index in [1.165, 1.54) is 13.3 Å². The van der Waals surface area contributed by atoms with Crippen LogP contribution >= 0.6 is 0 Å². The first-order chi connectivity index (χ1) is 14.4. The van der Waals surface area contributed by atoms with Gasteiger partial charge < -0.3 is 15.5 Å². The second-order valence-corrected chi connectivity index (χ2v) is 7.43. The number of nitrogens with zero attached hydrogens (tertiary/aromatic N) is 5. The molecule has 1 saturated heterocycles. The van der Waals surface area contributed by atoms with Gasteiger partial charge in [-0.05, 0) is 38.1 Å². The monoisotopic (exact) mass is 405 g/mol. The normalized spacial score (nSPS) is 13.6. The van der Waals surface area contributed by atoms with Gasteiger partial charge in [-0.15, -0.1) is 0 Å². The highest BCUT2D eigenvalue weighted by Crippen LogP contribution is 2.25. The van der Waals surface area contributed by atoms with E-state index in [9.17, 15) is 9.59 Å². The molecule has 9 heteroatoms. The van der Waals surface area contributed by atoms with Gasteiger partial charge in [0.15, 0.2) is 5.82 Å². The first-order valence-corrected chi connectivity index (χ1v) is 9.68. The van der Waals surface area contributed by atoms with Crippen LogP contribution in [-0.4, -0.2) is 44.7 Å². The van der Waals surface area contributed by atoms with E-state index in [2.05, 4.69) is 25.7 Å². The lowest BCUT2D eigenvalue weighted by Crippen LogP contribution is -2.52. The van der Waals surface area contributed by atoms with Gasteiger partial charge in [-0.2, -0.15) is 5.10 Å². The van der Waals surface area contributed by atoms with Gasteiger partial charge in [0.25, 0.3) is 0 Å². The second-order valence-electron chi connectivity index (χ2n) is 7.43. The molecule has 0 unspecified atom stereocenters.